The third kappa shape index (κ3) is 3.60. The summed E-state index contributed by atoms with van der Waals surface area (Å²) < 4.78 is 6.87. The smallest absolute Gasteiger partial charge is 0.197 e. The molecule has 0 atom stereocenters. The van der Waals surface area contributed by atoms with E-state index in [1.807, 2.05) is 0 Å². The fourth-order valence-electron chi connectivity index (χ4n) is 11.1. The molecule has 261 valence electrons. The van der Waals surface area contributed by atoms with Gasteiger partial charge in [0.2, 0.25) is 0 Å². The lowest BCUT2D eigenvalue weighted by atomic mass is 9.57. The molecule has 3 aliphatic rings. The van der Waals surface area contributed by atoms with Crippen molar-refractivity contribution in [3.05, 3.63) is 176 Å². The number of H-pyrrole nitrogens is 1. The molecule has 9 aromatic carbocycles. The lowest BCUT2D eigenvalue weighted by Gasteiger charge is -2.47. The second kappa shape index (κ2) is 10.6. The van der Waals surface area contributed by atoms with Gasteiger partial charge in [0, 0.05) is 38.6 Å². The Morgan fingerprint density at radius 1 is 0.474 bits per heavy atom. The van der Waals surface area contributed by atoms with E-state index in [0.717, 1.165) is 44.1 Å². The Morgan fingerprint density at radius 2 is 1.14 bits per heavy atom. The number of anilines is 3. The molecule has 57 heavy (non-hydrogen) atoms. The van der Waals surface area contributed by atoms with Crippen LogP contribution in [-0.4, -0.2) is 20.3 Å². The Balaban J connectivity index is 1.13. The Morgan fingerprint density at radius 3 is 2.00 bits per heavy atom. The molecule has 14 rings (SSSR count). The lowest BCUT2D eigenvalue weighted by Crippen LogP contribution is -2.76. The maximum absolute atomic E-state index is 6.87. The van der Waals surface area contributed by atoms with Crippen molar-refractivity contribution in [2.75, 3.05) is 4.90 Å². The maximum Gasteiger partial charge on any atom is 0.197 e. The van der Waals surface area contributed by atoms with Crippen LogP contribution >= 0.6 is 0 Å². The van der Waals surface area contributed by atoms with E-state index in [1.165, 1.54) is 81.4 Å². The van der Waals surface area contributed by atoms with Gasteiger partial charge >= 0.3 is 0 Å². The second-order valence-corrected chi connectivity index (χ2v) is 19.5. The number of benzene rings is 9. The average molecular weight is 738 g/mol. The number of rotatable bonds is 1. The summed E-state index contributed by atoms with van der Waals surface area (Å²) in [7, 11) is -0.256. The van der Waals surface area contributed by atoms with E-state index in [1.54, 1.807) is 0 Å². The summed E-state index contributed by atoms with van der Waals surface area (Å²) >= 11 is 0. The van der Waals surface area contributed by atoms with Gasteiger partial charge in [-0.2, -0.15) is 0 Å². The van der Waals surface area contributed by atoms with Crippen molar-refractivity contribution < 1.29 is 4.42 Å². The zero-order valence-electron chi connectivity index (χ0n) is 30.7. The molecular weight excluding hydrogens is 707 g/mol. The van der Waals surface area contributed by atoms with E-state index in [0.29, 0.717) is 0 Å². The van der Waals surface area contributed by atoms with Crippen LogP contribution in [0.3, 0.4) is 0 Å². The summed E-state index contributed by atoms with van der Waals surface area (Å²) in [6.07, 6.45) is 0. The van der Waals surface area contributed by atoms with Crippen LogP contribution < -0.4 is 36.6 Å². The number of furan rings is 1. The Labute approximate surface area is 329 Å². The molecule has 3 aliphatic heterocycles. The maximum atomic E-state index is 6.87. The molecule has 2 aromatic heterocycles. The van der Waals surface area contributed by atoms with E-state index in [4.69, 9.17) is 4.42 Å². The number of hydrogen-bond acceptors (Lipinski definition) is 2. The zero-order chi connectivity index (χ0) is 37.0. The highest BCUT2D eigenvalue weighted by Crippen LogP contribution is 2.48. The molecule has 0 unspecified atom stereocenters. The Bertz CT molecular complexity index is 3550. The summed E-state index contributed by atoms with van der Waals surface area (Å²) in [5.41, 5.74) is 15.3. The number of fused-ring (bicyclic) bond motifs is 20. The van der Waals surface area contributed by atoms with Crippen LogP contribution in [0.15, 0.2) is 180 Å². The molecule has 11 aromatic rings. The lowest BCUT2D eigenvalue weighted by molar-refractivity contribution is 0.669. The Kier molecular flexibility index (Phi) is 5.62. The van der Waals surface area contributed by atoms with Crippen LogP contribution in [-0.2, 0) is 0 Å². The minimum atomic E-state index is -2.73. The monoisotopic (exact) mass is 737 g/mol. The molecule has 0 bridgehead atoms. The predicted octanol–water partition coefficient (Wildman–Crippen LogP) is 9.15. The molecule has 0 saturated carbocycles. The molecule has 0 fully saturated rings. The van der Waals surface area contributed by atoms with Gasteiger partial charge in [0.15, 0.2) is 15.4 Å². The van der Waals surface area contributed by atoms with Crippen molar-refractivity contribution in [3.8, 4) is 22.3 Å². The number of nitrogens with one attached hydrogen (secondary N) is 1. The molecular formula is C52H30BN2OSi. The van der Waals surface area contributed by atoms with E-state index in [9.17, 15) is 0 Å². The molecule has 1 radical (unpaired) electrons. The van der Waals surface area contributed by atoms with Gasteiger partial charge in [0.05, 0.1) is 16.6 Å². The summed E-state index contributed by atoms with van der Waals surface area (Å²) in [4.78, 5) is 6.51. The molecule has 5 heteroatoms. The molecule has 3 nitrogen and oxygen atoms in total. The van der Waals surface area contributed by atoms with Crippen LogP contribution in [0.4, 0.5) is 17.1 Å². The van der Waals surface area contributed by atoms with Crippen molar-refractivity contribution in [2.24, 2.45) is 0 Å². The van der Waals surface area contributed by atoms with E-state index < -0.39 is 8.07 Å². The van der Waals surface area contributed by atoms with Crippen LogP contribution in [0.1, 0.15) is 0 Å². The van der Waals surface area contributed by atoms with Gasteiger partial charge < -0.3 is 14.3 Å². The standard InChI is InChI=1S/C52H30BN2OSi/c1-2-14-31-30(13-1)27-28-39-47(31)36-19-11-18-34(50(36)54-39)37-29-42-48(35-17-3-7-22-41(35)56-42)52-49(37)53-38-20-12-26-46-51(38)55(52)40-21-6-10-25-45(40)57(46)43-23-8-4-15-32(43)33-16-5-9-24-44(33)57/h1-29,54H. The van der Waals surface area contributed by atoms with Crippen molar-refractivity contribution in [2.45, 2.75) is 0 Å². The number of aromatic nitrogens is 1. The average Bonchev–Trinajstić information content (AvgIpc) is 3.94. The predicted molar refractivity (Wildman–Crippen MR) is 242 cm³/mol. The minimum absolute atomic E-state index is 0.893. The summed E-state index contributed by atoms with van der Waals surface area (Å²) in [6, 6.07) is 65.5. The summed E-state index contributed by atoms with van der Waals surface area (Å²) in [6.45, 7) is 0. The summed E-state index contributed by atoms with van der Waals surface area (Å²) in [5, 5.41) is 13.1. The van der Waals surface area contributed by atoms with Crippen LogP contribution in [0, 0.1) is 0 Å². The first-order chi connectivity index (χ1) is 28.3. The highest BCUT2D eigenvalue weighted by Gasteiger charge is 2.55. The van der Waals surface area contributed by atoms with Crippen LogP contribution in [0.2, 0.25) is 0 Å². The van der Waals surface area contributed by atoms with Gasteiger partial charge in [-0.25, -0.2) is 0 Å². The molecule has 5 heterocycles. The SMILES string of the molecule is [B]1c2cccc3c2N(c2ccccc2[Si]32c3ccccc3-c3ccccc32)c2c1c(-c1cccc3c1[nH]c1ccc4ccccc4c13)cc1oc3ccccc3c21. The molecule has 0 amide bonds. The van der Waals surface area contributed by atoms with Gasteiger partial charge in [-0.15, -0.1) is 0 Å². The van der Waals surface area contributed by atoms with Crippen molar-refractivity contribution >= 4 is 119 Å². The third-order valence-corrected chi connectivity index (χ3v) is 18.1. The minimum Gasteiger partial charge on any atom is -0.456 e. The molecule has 0 aliphatic carbocycles. The topological polar surface area (TPSA) is 32.2 Å². The Hall–Kier alpha value is -7.08. The molecule has 1 spiro atoms. The summed E-state index contributed by atoms with van der Waals surface area (Å²) in [5.74, 6) is 0. The van der Waals surface area contributed by atoms with Gasteiger partial charge in [-0.05, 0) is 77.9 Å². The van der Waals surface area contributed by atoms with E-state index in [2.05, 4.69) is 193 Å². The highest BCUT2D eigenvalue weighted by molar-refractivity contribution is 7.24. The first-order valence-electron chi connectivity index (χ1n) is 19.8. The second-order valence-electron chi connectivity index (χ2n) is 15.8. The van der Waals surface area contributed by atoms with Crippen molar-refractivity contribution in [1.82, 2.24) is 4.98 Å². The van der Waals surface area contributed by atoms with Gasteiger partial charge in [0.1, 0.15) is 11.2 Å². The number of para-hydroxylation sites is 4. The third-order valence-electron chi connectivity index (χ3n) is 13.2. The quantitative estimate of drug-likeness (QED) is 0.171. The van der Waals surface area contributed by atoms with Crippen molar-refractivity contribution in [1.29, 1.82) is 0 Å². The largest absolute Gasteiger partial charge is 0.456 e. The normalized spacial score (nSPS) is 14.2. The first-order valence-corrected chi connectivity index (χ1v) is 21.8. The first kappa shape index (κ1) is 30.2. The fraction of sp³-hybridized carbons (Fsp3) is 0. The number of nitrogens with zero attached hydrogens (tertiary/aromatic N) is 1. The van der Waals surface area contributed by atoms with Gasteiger partial charge in [-0.1, -0.05) is 157 Å². The number of hydrogen-bond donors (Lipinski definition) is 1. The van der Waals surface area contributed by atoms with Crippen LogP contribution in [0.25, 0.3) is 76.8 Å². The molecule has 0 saturated heterocycles. The highest BCUT2D eigenvalue weighted by atomic mass is 28.3. The number of aromatic amines is 1. The molecule has 1 N–H and O–H groups in total. The van der Waals surface area contributed by atoms with E-state index >= 15 is 0 Å². The van der Waals surface area contributed by atoms with Crippen molar-refractivity contribution in [3.63, 3.8) is 0 Å². The van der Waals surface area contributed by atoms with E-state index in [-0.39, 0.29) is 0 Å². The zero-order valence-corrected chi connectivity index (χ0v) is 31.7. The van der Waals surface area contributed by atoms with Gasteiger partial charge in [0.25, 0.3) is 0 Å². The van der Waals surface area contributed by atoms with Crippen LogP contribution in [0.5, 0.6) is 0 Å². The fourth-order valence-corrected chi connectivity index (χ4v) is 16.6. The van der Waals surface area contributed by atoms with Gasteiger partial charge in [-0.3, -0.25) is 0 Å².